The van der Waals surface area contributed by atoms with Gasteiger partial charge in [-0.3, -0.25) is 0 Å². The standard InChI is InChI=1S/C13H12N2O3/c1-2-3-8-18-12-9-6-4-5-7-10(9)14-15-11(12)13(16)17/h2-7H,8H2,1H3,(H,16,17). The zero-order chi connectivity index (χ0) is 13.0. The summed E-state index contributed by atoms with van der Waals surface area (Å²) in [4.78, 5) is 11.1. The minimum absolute atomic E-state index is 0.168. The lowest BCUT2D eigenvalue weighted by molar-refractivity contribution is 0.0685. The lowest BCUT2D eigenvalue weighted by Crippen LogP contribution is -2.08. The van der Waals surface area contributed by atoms with E-state index in [9.17, 15) is 4.79 Å². The number of hydrogen-bond acceptors (Lipinski definition) is 4. The number of carbonyl (C=O) groups is 1. The smallest absolute Gasteiger partial charge is 0.360 e. The molecule has 0 saturated heterocycles. The SMILES string of the molecule is CC=CCOc1c(C(=O)O)nnc2ccccc12. The minimum Gasteiger partial charge on any atom is -0.486 e. The Hall–Kier alpha value is -2.43. The van der Waals surface area contributed by atoms with E-state index in [0.29, 0.717) is 17.5 Å². The first-order valence-electron chi connectivity index (χ1n) is 5.46. The number of carboxylic acids is 1. The summed E-state index contributed by atoms with van der Waals surface area (Å²) in [5.74, 6) is -0.894. The van der Waals surface area contributed by atoms with Gasteiger partial charge in [0.05, 0.1) is 5.52 Å². The second-order valence-electron chi connectivity index (χ2n) is 3.58. The number of nitrogens with zero attached hydrogens (tertiary/aromatic N) is 2. The average Bonchev–Trinajstić information content (AvgIpc) is 2.38. The number of aromatic nitrogens is 2. The van der Waals surface area contributed by atoms with E-state index in [4.69, 9.17) is 9.84 Å². The maximum atomic E-state index is 11.1. The summed E-state index contributed by atoms with van der Waals surface area (Å²) < 4.78 is 5.48. The van der Waals surface area contributed by atoms with Crippen LogP contribution >= 0.6 is 0 Å². The molecule has 1 aromatic heterocycles. The number of fused-ring (bicyclic) bond motifs is 1. The Morgan fingerprint density at radius 3 is 2.89 bits per heavy atom. The van der Waals surface area contributed by atoms with Crippen LogP contribution in [0.4, 0.5) is 0 Å². The minimum atomic E-state index is -1.15. The van der Waals surface area contributed by atoms with Crippen LogP contribution in [-0.4, -0.2) is 27.9 Å². The molecule has 1 heterocycles. The maximum Gasteiger partial charge on any atom is 0.360 e. The zero-order valence-corrected chi connectivity index (χ0v) is 9.83. The third kappa shape index (κ3) is 2.29. The molecule has 0 unspecified atom stereocenters. The predicted molar refractivity (Wildman–Crippen MR) is 66.8 cm³/mol. The third-order valence-electron chi connectivity index (χ3n) is 2.38. The Labute approximate surface area is 104 Å². The number of carboxylic acid groups (broad SMARTS) is 1. The van der Waals surface area contributed by atoms with Crippen molar-refractivity contribution in [1.29, 1.82) is 0 Å². The lowest BCUT2D eigenvalue weighted by atomic mass is 10.2. The maximum absolute atomic E-state index is 11.1. The highest BCUT2D eigenvalue weighted by molar-refractivity contribution is 5.96. The largest absolute Gasteiger partial charge is 0.486 e. The molecule has 1 aromatic carbocycles. The molecule has 0 fully saturated rings. The summed E-state index contributed by atoms with van der Waals surface area (Å²) in [6, 6.07) is 7.14. The molecule has 1 N–H and O–H groups in total. The molecule has 92 valence electrons. The first-order valence-corrected chi connectivity index (χ1v) is 5.46. The molecule has 5 nitrogen and oxygen atoms in total. The van der Waals surface area contributed by atoms with Crippen LogP contribution in [0.5, 0.6) is 5.75 Å². The summed E-state index contributed by atoms with van der Waals surface area (Å²) >= 11 is 0. The van der Waals surface area contributed by atoms with Gasteiger partial charge in [-0.2, -0.15) is 0 Å². The Balaban J connectivity index is 2.55. The molecule has 18 heavy (non-hydrogen) atoms. The van der Waals surface area contributed by atoms with E-state index >= 15 is 0 Å². The highest BCUT2D eigenvalue weighted by Gasteiger charge is 2.17. The van der Waals surface area contributed by atoms with Gasteiger partial charge in [0, 0.05) is 5.39 Å². The molecule has 2 rings (SSSR count). The Morgan fingerprint density at radius 2 is 2.17 bits per heavy atom. The zero-order valence-electron chi connectivity index (χ0n) is 9.83. The van der Waals surface area contributed by atoms with Crippen LogP contribution in [0.2, 0.25) is 0 Å². The fourth-order valence-electron chi connectivity index (χ4n) is 1.54. The molecule has 0 bridgehead atoms. The molecular weight excluding hydrogens is 232 g/mol. The molecule has 0 aliphatic heterocycles. The van der Waals surface area contributed by atoms with Crippen LogP contribution in [0.15, 0.2) is 36.4 Å². The van der Waals surface area contributed by atoms with Crippen molar-refractivity contribution in [3.05, 3.63) is 42.1 Å². The van der Waals surface area contributed by atoms with Gasteiger partial charge >= 0.3 is 5.97 Å². The quantitative estimate of drug-likeness (QED) is 0.835. The lowest BCUT2D eigenvalue weighted by Gasteiger charge is -2.08. The van der Waals surface area contributed by atoms with E-state index in [1.807, 2.05) is 19.1 Å². The first-order chi connectivity index (χ1) is 8.74. The van der Waals surface area contributed by atoms with Crippen molar-refractivity contribution in [1.82, 2.24) is 10.2 Å². The normalized spacial score (nSPS) is 10.9. The van der Waals surface area contributed by atoms with E-state index in [2.05, 4.69) is 10.2 Å². The summed E-state index contributed by atoms with van der Waals surface area (Å²) in [5, 5.41) is 17.3. The van der Waals surface area contributed by atoms with Crippen molar-refractivity contribution in [3.63, 3.8) is 0 Å². The monoisotopic (exact) mass is 244 g/mol. The van der Waals surface area contributed by atoms with E-state index < -0.39 is 5.97 Å². The van der Waals surface area contributed by atoms with E-state index in [0.717, 1.165) is 0 Å². The molecule has 5 heteroatoms. The third-order valence-corrected chi connectivity index (χ3v) is 2.38. The van der Waals surface area contributed by atoms with Gasteiger partial charge in [-0.1, -0.05) is 24.3 Å². The Morgan fingerprint density at radius 1 is 1.39 bits per heavy atom. The Bertz CT molecular complexity index is 608. The molecule has 0 spiro atoms. The fourth-order valence-corrected chi connectivity index (χ4v) is 1.54. The van der Waals surface area contributed by atoms with Crippen molar-refractivity contribution < 1.29 is 14.6 Å². The highest BCUT2D eigenvalue weighted by Crippen LogP contribution is 2.26. The molecule has 0 atom stereocenters. The molecule has 0 saturated carbocycles. The van der Waals surface area contributed by atoms with Gasteiger partial charge in [-0.05, 0) is 19.1 Å². The molecule has 2 aromatic rings. The second kappa shape index (κ2) is 5.27. The van der Waals surface area contributed by atoms with E-state index in [-0.39, 0.29) is 11.4 Å². The van der Waals surface area contributed by atoms with E-state index in [1.165, 1.54) is 0 Å². The van der Waals surface area contributed by atoms with Gasteiger partial charge in [0.1, 0.15) is 6.61 Å². The molecule has 0 radical (unpaired) electrons. The summed E-state index contributed by atoms with van der Waals surface area (Å²) in [6.07, 6.45) is 3.62. The summed E-state index contributed by atoms with van der Waals surface area (Å²) in [6.45, 7) is 2.16. The Kier molecular flexibility index (Phi) is 3.52. The molecule has 0 aliphatic rings. The van der Waals surface area contributed by atoms with Crippen molar-refractivity contribution in [2.24, 2.45) is 0 Å². The van der Waals surface area contributed by atoms with Crippen LogP contribution < -0.4 is 4.74 Å². The van der Waals surface area contributed by atoms with Crippen molar-refractivity contribution in [2.45, 2.75) is 6.92 Å². The van der Waals surface area contributed by atoms with Crippen LogP contribution in [0.25, 0.3) is 10.9 Å². The molecule has 0 aliphatic carbocycles. The van der Waals surface area contributed by atoms with Crippen LogP contribution in [0.1, 0.15) is 17.4 Å². The fraction of sp³-hybridized carbons (Fsp3) is 0.154. The number of hydrogen-bond donors (Lipinski definition) is 1. The van der Waals surface area contributed by atoms with Gasteiger partial charge in [0.15, 0.2) is 5.75 Å². The van der Waals surface area contributed by atoms with Crippen molar-refractivity contribution >= 4 is 16.9 Å². The average molecular weight is 244 g/mol. The molecule has 0 amide bonds. The highest BCUT2D eigenvalue weighted by atomic mass is 16.5. The van der Waals surface area contributed by atoms with Crippen molar-refractivity contribution in [2.75, 3.05) is 6.61 Å². The topological polar surface area (TPSA) is 72.3 Å². The van der Waals surface area contributed by atoms with Gasteiger partial charge < -0.3 is 9.84 Å². The van der Waals surface area contributed by atoms with Gasteiger partial charge in [-0.15, -0.1) is 10.2 Å². The van der Waals surface area contributed by atoms with Crippen LogP contribution in [0.3, 0.4) is 0 Å². The first kappa shape index (κ1) is 12.0. The summed E-state index contributed by atoms with van der Waals surface area (Å²) in [5.41, 5.74) is 0.441. The van der Waals surface area contributed by atoms with Gasteiger partial charge in [0.2, 0.25) is 5.69 Å². The number of benzene rings is 1. The number of allylic oxidation sites excluding steroid dienone is 1. The number of aromatic carboxylic acids is 1. The van der Waals surface area contributed by atoms with Gasteiger partial charge in [0.25, 0.3) is 0 Å². The number of rotatable bonds is 4. The number of ether oxygens (including phenoxy) is 1. The molecular formula is C13H12N2O3. The van der Waals surface area contributed by atoms with E-state index in [1.54, 1.807) is 24.3 Å². The van der Waals surface area contributed by atoms with Crippen molar-refractivity contribution in [3.8, 4) is 5.75 Å². The predicted octanol–water partition coefficient (Wildman–Crippen LogP) is 2.28. The van der Waals surface area contributed by atoms with Gasteiger partial charge in [-0.25, -0.2) is 4.79 Å². The van der Waals surface area contributed by atoms with Crippen LogP contribution in [-0.2, 0) is 0 Å². The van der Waals surface area contributed by atoms with Crippen LogP contribution in [0, 0.1) is 0 Å². The second-order valence-corrected chi connectivity index (χ2v) is 3.58. The summed E-state index contributed by atoms with van der Waals surface area (Å²) in [7, 11) is 0.